The van der Waals surface area contributed by atoms with Crippen LogP contribution in [-0.4, -0.2) is 36.7 Å². The van der Waals surface area contributed by atoms with Crippen LogP contribution in [0.15, 0.2) is 0 Å². The summed E-state index contributed by atoms with van der Waals surface area (Å²) in [5.41, 5.74) is 0. The molecular weight excluding hydrogens is 240 g/mol. The van der Waals surface area contributed by atoms with Gasteiger partial charge in [0.1, 0.15) is 18.0 Å². The minimum atomic E-state index is -0.536. The Morgan fingerprint density at radius 2 is 1.06 bits per heavy atom. The van der Waals surface area contributed by atoms with Crippen LogP contribution < -0.4 is 0 Å². The molecule has 0 aliphatic heterocycles. The third-order valence-electron chi connectivity index (χ3n) is 1.40. The molecule has 18 heavy (non-hydrogen) atoms. The average Bonchev–Trinajstić information content (AvgIpc) is 2.16. The Morgan fingerprint density at radius 1 is 0.722 bits per heavy atom. The van der Waals surface area contributed by atoms with Crippen molar-refractivity contribution in [3.63, 3.8) is 0 Å². The van der Waals surface area contributed by atoms with Crippen molar-refractivity contribution in [2.75, 3.05) is 13.2 Å². The topological polar surface area (TPSA) is 86.7 Å². The number of hydrogen-bond donors (Lipinski definition) is 0. The number of esters is 2. The molecule has 0 aromatic carbocycles. The Hall–Kier alpha value is -1.72. The lowest BCUT2D eigenvalue weighted by Crippen LogP contribution is -2.13. The van der Waals surface area contributed by atoms with Crippen LogP contribution in [0.5, 0.6) is 0 Å². The molecule has 104 valence electrons. The van der Waals surface area contributed by atoms with Gasteiger partial charge in [0.25, 0.3) is 0 Å². The van der Waals surface area contributed by atoms with E-state index in [4.69, 9.17) is 0 Å². The highest BCUT2D eigenvalue weighted by Crippen LogP contribution is 1.89. The van der Waals surface area contributed by atoms with Crippen molar-refractivity contribution in [1.82, 2.24) is 0 Å². The summed E-state index contributed by atoms with van der Waals surface area (Å²) in [6.07, 6.45) is -0.207. The fraction of sp³-hybridized carbons (Fsp3) is 0.667. The molecule has 0 N–H and O–H groups in total. The second-order valence-corrected chi connectivity index (χ2v) is 3.37. The van der Waals surface area contributed by atoms with Crippen LogP contribution in [-0.2, 0) is 28.7 Å². The molecule has 0 saturated carbocycles. The smallest absolute Gasteiger partial charge is 0.317 e. The highest BCUT2D eigenvalue weighted by atomic mass is 16.5. The van der Waals surface area contributed by atoms with Gasteiger partial charge in [-0.1, -0.05) is 0 Å². The van der Waals surface area contributed by atoms with E-state index in [0.29, 0.717) is 0 Å². The van der Waals surface area contributed by atoms with E-state index in [0.717, 1.165) is 0 Å². The van der Waals surface area contributed by atoms with Crippen LogP contribution >= 0.6 is 0 Å². The number of carbonyl (C=O) groups is 4. The molecular formula is C12H20O6. The summed E-state index contributed by atoms with van der Waals surface area (Å²) in [6, 6.07) is 0. The van der Waals surface area contributed by atoms with Gasteiger partial charge in [-0.15, -0.1) is 0 Å². The zero-order chi connectivity index (χ0) is 14.6. The zero-order valence-corrected chi connectivity index (χ0v) is 11.3. The van der Waals surface area contributed by atoms with Crippen molar-refractivity contribution in [2.45, 2.75) is 40.5 Å². The first kappa shape index (κ1) is 18.6. The van der Waals surface area contributed by atoms with E-state index in [1.165, 1.54) is 13.8 Å². The van der Waals surface area contributed by atoms with Crippen molar-refractivity contribution < 1.29 is 28.7 Å². The normalized spacial score (nSPS) is 8.67. The quantitative estimate of drug-likeness (QED) is 0.524. The van der Waals surface area contributed by atoms with Crippen LogP contribution in [0.3, 0.4) is 0 Å². The highest BCUT2D eigenvalue weighted by molar-refractivity contribution is 5.96. The first-order valence-corrected chi connectivity index (χ1v) is 5.63. The Morgan fingerprint density at radius 3 is 1.22 bits per heavy atom. The van der Waals surface area contributed by atoms with Gasteiger partial charge >= 0.3 is 11.9 Å². The first-order valence-electron chi connectivity index (χ1n) is 5.63. The maximum atomic E-state index is 10.6. The number of hydrogen-bond acceptors (Lipinski definition) is 6. The number of ketones is 2. The van der Waals surface area contributed by atoms with Crippen molar-refractivity contribution in [1.29, 1.82) is 0 Å². The van der Waals surface area contributed by atoms with Gasteiger partial charge in [0.15, 0.2) is 0 Å². The van der Waals surface area contributed by atoms with Crippen molar-refractivity contribution in [2.24, 2.45) is 0 Å². The minimum absolute atomic E-state index is 0.0625. The van der Waals surface area contributed by atoms with E-state index < -0.39 is 11.9 Å². The SMILES string of the molecule is CC(=O)CC(C)=O.CCOC(=O)CC(=O)OCC. The summed E-state index contributed by atoms with van der Waals surface area (Å²) in [5.74, 6) is -1.20. The maximum Gasteiger partial charge on any atom is 0.317 e. The predicted molar refractivity (Wildman–Crippen MR) is 63.9 cm³/mol. The lowest BCUT2D eigenvalue weighted by atomic mass is 10.2. The molecule has 0 saturated heterocycles. The number of Topliss-reactive ketones (excluding diaryl/α,β-unsaturated/α-hetero) is 2. The average molecular weight is 260 g/mol. The number of ether oxygens (including phenoxy) is 2. The summed E-state index contributed by atoms with van der Waals surface area (Å²) in [7, 11) is 0. The van der Waals surface area contributed by atoms with Crippen molar-refractivity contribution >= 4 is 23.5 Å². The second-order valence-electron chi connectivity index (χ2n) is 3.37. The largest absolute Gasteiger partial charge is 0.466 e. The van der Waals surface area contributed by atoms with E-state index in [1.807, 2.05) is 0 Å². The molecule has 0 aromatic heterocycles. The molecule has 0 rings (SSSR count). The fourth-order valence-electron chi connectivity index (χ4n) is 0.892. The van der Waals surface area contributed by atoms with Crippen LogP contribution in [0.4, 0.5) is 0 Å². The van der Waals surface area contributed by atoms with Gasteiger partial charge in [-0.2, -0.15) is 0 Å². The van der Waals surface area contributed by atoms with Gasteiger partial charge in [0.2, 0.25) is 0 Å². The second kappa shape index (κ2) is 11.8. The predicted octanol–water partition coefficient (Wildman–Crippen LogP) is 1.06. The van der Waals surface area contributed by atoms with Crippen LogP contribution in [0.25, 0.3) is 0 Å². The highest BCUT2D eigenvalue weighted by Gasteiger charge is 2.09. The Labute approximate surface area is 107 Å². The van der Waals surface area contributed by atoms with Crippen LogP contribution in [0, 0.1) is 0 Å². The summed E-state index contributed by atoms with van der Waals surface area (Å²) in [4.78, 5) is 41.3. The molecule has 0 radical (unpaired) electrons. The van der Waals surface area contributed by atoms with E-state index in [1.54, 1.807) is 13.8 Å². The zero-order valence-electron chi connectivity index (χ0n) is 11.3. The maximum absolute atomic E-state index is 10.6. The molecule has 6 nitrogen and oxygen atoms in total. The Bertz CT molecular complexity index is 267. The molecule has 0 aliphatic carbocycles. The summed E-state index contributed by atoms with van der Waals surface area (Å²) >= 11 is 0. The molecule has 0 aliphatic rings. The van der Waals surface area contributed by atoms with Crippen molar-refractivity contribution in [3.8, 4) is 0 Å². The molecule has 0 atom stereocenters. The molecule has 0 amide bonds. The van der Waals surface area contributed by atoms with Gasteiger partial charge in [-0.05, 0) is 27.7 Å². The van der Waals surface area contributed by atoms with Gasteiger partial charge in [0, 0.05) is 0 Å². The fourth-order valence-corrected chi connectivity index (χ4v) is 0.892. The number of rotatable bonds is 6. The molecule has 0 spiro atoms. The van der Waals surface area contributed by atoms with Gasteiger partial charge in [-0.3, -0.25) is 19.2 Å². The standard InChI is InChI=1S/C7H12O4.C5H8O2/c1-3-10-6(8)5-7(9)11-4-2;1-4(6)3-5(2)7/h3-5H2,1-2H3;3H2,1-2H3. The Balaban J connectivity index is 0. The molecule has 0 heterocycles. The van der Waals surface area contributed by atoms with E-state index in [-0.39, 0.29) is 37.6 Å². The van der Waals surface area contributed by atoms with Gasteiger partial charge < -0.3 is 9.47 Å². The lowest BCUT2D eigenvalue weighted by molar-refractivity contribution is -0.154. The molecule has 0 unspecified atom stereocenters. The molecule has 6 heteroatoms. The monoisotopic (exact) mass is 260 g/mol. The third kappa shape index (κ3) is 16.7. The van der Waals surface area contributed by atoms with Crippen molar-refractivity contribution in [3.05, 3.63) is 0 Å². The third-order valence-corrected chi connectivity index (χ3v) is 1.40. The van der Waals surface area contributed by atoms with E-state index in [2.05, 4.69) is 9.47 Å². The molecule has 0 aromatic rings. The molecule has 0 fully saturated rings. The number of carbonyl (C=O) groups excluding carboxylic acids is 4. The van der Waals surface area contributed by atoms with Crippen LogP contribution in [0.2, 0.25) is 0 Å². The summed E-state index contributed by atoms with van der Waals surface area (Å²) < 4.78 is 9.04. The van der Waals surface area contributed by atoms with Crippen LogP contribution in [0.1, 0.15) is 40.5 Å². The lowest BCUT2D eigenvalue weighted by Gasteiger charge is -2.00. The first-order chi connectivity index (χ1) is 8.33. The minimum Gasteiger partial charge on any atom is -0.466 e. The molecule has 0 bridgehead atoms. The van der Waals surface area contributed by atoms with E-state index >= 15 is 0 Å². The summed E-state index contributed by atoms with van der Waals surface area (Å²) in [6.45, 7) is 6.76. The Kier molecular flexibility index (Phi) is 12.2. The summed E-state index contributed by atoms with van der Waals surface area (Å²) in [5, 5.41) is 0. The van der Waals surface area contributed by atoms with E-state index in [9.17, 15) is 19.2 Å². The van der Waals surface area contributed by atoms with Gasteiger partial charge in [0.05, 0.1) is 19.6 Å². The van der Waals surface area contributed by atoms with Gasteiger partial charge in [-0.25, -0.2) is 0 Å².